The van der Waals surface area contributed by atoms with Crippen LogP contribution in [0.25, 0.3) is 0 Å². The SMILES string of the molecule is CS(=O)(=O)NCCc1ccc(C(=O)Nc2cccc(F)c2)cc1. The van der Waals surface area contributed by atoms with Gasteiger partial charge in [-0.2, -0.15) is 0 Å². The predicted octanol–water partition coefficient (Wildman–Crippen LogP) is 2.17. The third kappa shape index (κ3) is 5.80. The second-order valence-electron chi connectivity index (χ2n) is 5.08. The number of hydrogen-bond acceptors (Lipinski definition) is 3. The van der Waals surface area contributed by atoms with E-state index in [1.165, 1.54) is 18.2 Å². The van der Waals surface area contributed by atoms with Gasteiger partial charge < -0.3 is 5.32 Å². The topological polar surface area (TPSA) is 75.3 Å². The van der Waals surface area contributed by atoms with Crippen LogP contribution in [0.3, 0.4) is 0 Å². The largest absolute Gasteiger partial charge is 0.322 e. The van der Waals surface area contributed by atoms with Crippen molar-refractivity contribution in [1.29, 1.82) is 0 Å². The first-order chi connectivity index (χ1) is 10.8. The van der Waals surface area contributed by atoms with Crippen molar-refractivity contribution >= 4 is 21.6 Å². The Hall–Kier alpha value is -2.25. The summed E-state index contributed by atoms with van der Waals surface area (Å²) in [4.78, 5) is 12.1. The highest BCUT2D eigenvalue weighted by Gasteiger charge is 2.07. The Labute approximate surface area is 134 Å². The Bertz CT molecular complexity index is 789. The monoisotopic (exact) mass is 336 g/mol. The summed E-state index contributed by atoms with van der Waals surface area (Å²) in [5.74, 6) is -0.757. The summed E-state index contributed by atoms with van der Waals surface area (Å²) in [5, 5.41) is 2.61. The molecule has 0 saturated heterocycles. The van der Waals surface area contributed by atoms with E-state index in [-0.39, 0.29) is 5.91 Å². The molecule has 1 amide bonds. The van der Waals surface area contributed by atoms with Crippen molar-refractivity contribution in [3.8, 4) is 0 Å². The van der Waals surface area contributed by atoms with E-state index in [1.54, 1.807) is 30.3 Å². The molecule has 2 rings (SSSR count). The standard InChI is InChI=1S/C16H17FN2O3S/c1-23(21,22)18-10-9-12-5-7-13(8-6-12)16(20)19-15-4-2-3-14(17)11-15/h2-8,11,18H,9-10H2,1H3,(H,19,20). The maximum atomic E-state index is 13.1. The molecule has 0 fully saturated rings. The highest BCUT2D eigenvalue weighted by molar-refractivity contribution is 7.88. The highest BCUT2D eigenvalue weighted by atomic mass is 32.2. The van der Waals surface area contributed by atoms with Crippen LogP contribution in [-0.2, 0) is 16.4 Å². The van der Waals surface area contributed by atoms with Crippen molar-refractivity contribution < 1.29 is 17.6 Å². The van der Waals surface area contributed by atoms with Crippen LogP contribution < -0.4 is 10.0 Å². The van der Waals surface area contributed by atoms with Crippen LogP contribution >= 0.6 is 0 Å². The molecule has 0 aliphatic carbocycles. The van der Waals surface area contributed by atoms with Gasteiger partial charge in [0.15, 0.2) is 0 Å². The van der Waals surface area contributed by atoms with E-state index in [1.807, 2.05) is 0 Å². The molecule has 23 heavy (non-hydrogen) atoms. The number of carbonyl (C=O) groups excluding carboxylic acids is 1. The molecule has 0 spiro atoms. The minimum Gasteiger partial charge on any atom is -0.322 e. The molecule has 0 saturated carbocycles. The number of rotatable bonds is 6. The lowest BCUT2D eigenvalue weighted by Crippen LogP contribution is -2.24. The van der Waals surface area contributed by atoms with E-state index in [0.29, 0.717) is 24.2 Å². The van der Waals surface area contributed by atoms with Gasteiger partial charge in [0, 0.05) is 17.8 Å². The minimum absolute atomic E-state index is 0.299. The van der Waals surface area contributed by atoms with Gasteiger partial charge in [-0.15, -0.1) is 0 Å². The lowest BCUT2D eigenvalue weighted by molar-refractivity contribution is 0.102. The quantitative estimate of drug-likeness (QED) is 0.849. The molecule has 2 aromatic carbocycles. The molecule has 122 valence electrons. The predicted molar refractivity (Wildman–Crippen MR) is 87.3 cm³/mol. The zero-order chi connectivity index (χ0) is 16.9. The lowest BCUT2D eigenvalue weighted by atomic mass is 10.1. The molecular formula is C16H17FN2O3S. The van der Waals surface area contributed by atoms with Crippen molar-refractivity contribution in [2.24, 2.45) is 0 Å². The maximum absolute atomic E-state index is 13.1. The summed E-state index contributed by atoms with van der Waals surface area (Å²) in [6.45, 7) is 0.299. The van der Waals surface area contributed by atoms with Gasteiger partial charge in [0.1, 0.15) is 5.82 Å². The highest BCUT2D eigenvalue weighted by Crippen LogP contribution is 2.12. The molecule has 0 atom stereocenters. The first-order valence-corrected chi connectivity index (χ1v) is 8.83. The molecule has 2 N–H and O–H groups in total. The summed E-state index contributed by atoms with van der Waals surface area (Å²) < 4.78 is 37.4. The van der Waals surface area contributed by atoms with Crippen LogP contribution in [0.1, 0.15) is 15.9 Å². The van der Waals surface area contributed by atoms with Crippen LogP contribution in [0.5, 0.6) is 0 Å². The average Bonchev–Trinajstić information content (AvgIpc) is 2.46. The van der Waals surface area contributed by atoms with E-state index in [9.17, 15) is 17.6 Å². The molecule has 0 aliphatic heterocycles. The second kappa shape index (κ2) is 7.34. The number of nitrogens with one attached hydrogen (secondary N) is 2. The fourth-order valence-electron chi connectivity index (χ4n) is 1.97. The Balaban J connectivity index is 1.94. The third-order valence-corrected chi connectivity index (χ3v) is 3.81. The molecule has 0 heterocycles. The first-order valence-electron chi connectivity index (χ1n) is 6.94. The van der Waals surface area contributed by atoms with Gasteiger partial charge in [-0.3, -0.25) is 4.79 Å². The van der Waals surface area contributed by atoms with Gasteiger partial charge in [0.25, 0.3) is 5.91 Å². The maximum Gasteiger partial charge on any atom is 0.255 e. The number of carbonyl (C=O) groups is 1. The molecule has 0 unspecified atom stereocenters. The summed E-state index contributed by atoms with van der Waals surface area (Å²) in [6.07, 6.45) is 1.63. The van der Waals surface area contributed by atoms with Crippen molar-refractivity contribution in [3.63, 3.8) is 0 Å². The number of benzene rings is 2. The smallest absolute Gasteiger partial charge is 0.255 e. The van der Waals surface area contributed by atoms with Crippen LogP contribution in [-0.4, -0.2) is 27.1 Å². The normalized spacial score (nSPS) is 11.2. The van der Waals surface area contributed by atoms with Crippen LogP contribution in [0.2, 0.25) is 0 Å². The zero-order valence-corrected chi connectivity index (χ0v) is 13.4. The van der Waals surface area contributed by atoms with E-state index >= 15 is 0 Å². The van der Waals surface area contributed by atoms with Crippen LogP contribution in [0.15, 0.2) is 48.5 Å². The summed E-state index contributed by atoms with van der Waals surface area (Å²) in [7, 11) is -3.20. The lowest BCUT2D eigenvalue weighted by Gasteiger charge is -2.07. The van der Waals surface area contributed by atoms with E-state index in [4.69, 9.17) is 0 Å². The van der Waals surface area contributed by atoms with Gasteiger partial charge >= 0.3 is 0 Å². The van der Waals surface area contributed by atoms with Gasteiger partial charge in [-0.1, -0.05) is 18.2 Å². The zero-order valence-electron chi connectivity index (χ0n) is 12.5. The molecule has 0 bridgehead atoms. The van der Waals surface area contributed by atoms with Crippen molar-refractivity contribution in [2.75, 3.05) is 18.1 Å². The fourth-order valence-corrected chi connectivity index (χ4v) is 2.45. The van der Waals surface area contributed by atoms with Gasteiger partial charge in [0.2, 0.25) is 10.0 Å². The van der Waals surface area contributed by atoms with Crippen LogP contribution in [0, 0.1) is 5.82 Å². The van der Waals surface area contributed by atoms with Crippen molar-refractivity contribution in [1.82, 2.24) is 4.72 Å². The second-order valence-corrected chi connectivity index (χ2v) is 6.91. The molecule has 5 nitrogen and oxygen atoms in total. The fraction of sp³-hybridized carbons (Fsp3) is 0.188. The summed E-state index contributed by atoms with van der Waals surface area (Å²) >= 11 is 0. The summed E-state index contributed by atoms with van der Waals surface area (Å²) in [5.41, 5.74) is 1.73. The van der Waals surface area contributed by atoms with Crippen molar-refractivity contribution in [3.05, 3.63) is 65.5 Å². The third-order valence-electron chi connectivity index (χ3n) is 3.08. The van der Waals surface area contributed by atoms with E-state index in [0.717, 1.165) is 11.8 Å². The summed E-state index contributed by atoms with van der Waals surface area (Å²) in [6, 6.07) is 12.5. The minimum atomic E-state index is -3.20. The number of anilines is 1. The molecule has 2 aromatic rings. The number of sulfonamides is 1. The Morgan fingerprint density at radius 1 is 1.13 bits per heavy atom. The number of halogens is 1. The molecular weight excluding hydrogens is 319 g/mol. The number of hydrogen-bond donors (Lipinski definition) is 2. The van der Waals surface area contributed by atoms with Gasteiger partial charge in [0.05, 0.1) is 6.26 Å². The van der Waals surface area contributed by atoms with E-state index in [2.05, 4.69) is 10.0 Å². The Morgan fingerprint density at radius 3 is 2.43 bits per heavy atom. The molecule has 0 aromatic heterocycles. The van der Waals surface area contributed by atoms with Crippen LogP contribution in [0.4, 0.5) is 10.1 Å². The molecule has 7 heteroatoms. The van der Waals surface area contributed by atoms with Gasteiger partial charge in [-0.25, -0.2) is 17.5 Å². The number of amides is 1. The van der Waals surface area contributed by atoms with E-state index < -0.39 is 15.8 Å². The van der Waals surface area contributed by atoms with Crippen molar-refractivity contribution in [2.45, 2.75) is 6.42 Å². The average molecular weight is 336 g/mol. The Kier molecular flexibility index (Phi) is 5.46. The first kappa shape index (κ1) is 17.1. The Morgan fingerprint density at radius 2 is 1.83 bits per heavy atom. The molecule has 0 aliphatic rings. The molecule has 0 radical (unpaired) electrons. The van der Waals surface area contributed by atoms with Gasteiger partial charge in [-0.05, 0) is 42.3 Å².